The van der Waals surface area contributed by atoms with Gasteiger partial charge in [0.15, 0.2) is 0 Å². The van der Waals surface area contributed by atoms with Gasteiger partial charge >= 0.3 is 5.69 Å². The Morgan fingerprint density at radius 3 is 2.61 bits per heavy atom. The molecule has 0 aromatic carbocycles. The summed E-state index contributed by atoms with van der Waals surface area (Å²) in [7, 11) is 3.06. The van der Waals surface area contributed by atoms with E-state index in [4.69, 9.17) is 0 Å². The molecule has 23 heavy (non-hydrogen) atoms. The first kappa shape index (κ1) is 16.7. The summed E-state index contributed by atoms with van der Waals surface area (Å²) in [6.45, 7) is 5.70. The van der Waals surface area contributed by atoms with Crippen molar-refractivity contribution in [2.75, 3.05) is 7.05 Å². The van der Waals surface area contributed by atoms with Crippen LogP contribution in [0.1, 0.15) is 35.5 Å². The van der Waals surface area contributed by atoms with Crippen molar-refractivity contribution in [1.82, 2.24) is 24.6 Å². The van der Waals surface area contributed by atoms with Crippen LogP contribution in [0.4, 0.5) is 0 Å². The number of likely N-dealkylation sites (N-methyl/N-ethyl adjacent to an activating group) is 1. The lowest BCUT2D eigenvalue weighted by atomic mass is 10.0. The maximum absolute atomic E-state index is 12.5. The zero-order valence-corrected chi connectivity index (χ0v) is 13.9. The molecule has 1 amide bonds. The van der Waals surface area contributed by atoms with Crippen LogP contribution >= 0.6 is 0 Å². The molecule has 1 atom stereocenters. The maximum Gasteiger partial charge on any atom is 0.328 e. The smallest absolute Gasteiger partial charge is 0.328 e. The minimum Gasteiger partial charge on any atom is -0.339 e. The lowest BCUT2D eigenvalue weighted by Crippen LogP contribution is -2.37. The molecule has 2 heterocycles. The third-order valence-corrected chi connectivity index (χ3v) is 4.17. The summed E-state index contributed by atoms with van der Waals surface area (Å²) in [6, 6.07) is -0.173. The van der Waals surface area contributed by atoms with Crippen LogP contribution in [-0.2, 0) is 18.3 Å². The van der Waals surface area contributed by atoms with Gasteiger partial charge in [-0.25, -0.2) is 4.79 Å². The van der Waals surface area contributed by atoms with Gasteiger partial charge in [0.1, 0.15) is 0 Å². The molecule has 0 spiro atoms. The molecule has 0 fully saturated rings. The van der Waals surface area contributed by atoms with Gasteiger partial charge in [0, 0.05) is 37.1 Å². The normalized spacial score (nSPS) is 12.2. The van der Waals surface area contributed by atoms with Crippen molar-refractivity contribution in [2.24, 2.45) is 7.05 Å². The SMILES string of the molecule is Cc1n[nH]c(C)c1C(C)N(C)C(=O)Cc1c[nH]c(=O)n(C)c1=O. The minimum absolute atomic E-state index is 0.0692. The second-order valence-electron chi connectivity index (χ2n) is 5.69. The van der Waals surface area contributed by atoms with Crippen LogP contribution in [0.25, 0.3) is 0 Å². The molecule has 0 bridgehead atoms. The van der Waals surface area contributed by atoms with Crippen LogP contribution in [0.5, 0.6) is 0 Å². The van der Waals surface area contributed by atoms with Crippen molar-refractivity contribution in [2.45, 2.75) is 33.2 Å². The monoisotopic (exact) mass is 319 g/mol. The molecular weight excluding hydrogens is 298 g/mol. The number of hydrogen-bond acceptors (Lipinski definition) is 4. The molecule has 0 saturated carbocycles. The van der Waals surface area contributed by atoms with Gasteiger partial charge in [-0.1, -0.05) is 0 Å². The Morgan fingerprint density at radius 2 is 2.04 bits per heavy atom. The van der Waals surface area contributed by atoms with Crippen molar-refractivity contribution in [3.8, 4) is 0 Å². The summed E-state index contributed by atoms with van der Waals surface area (Å²) >= 11 is 0. The highest BCUT2D eigenvalue weighted by atomic mass is 16.2. The summed E-state index contributed by atoms with van der Waals surface area (Å²) in [5.74, 6) is -0.207. The number of carbonyl (C=O) groups excluding carboxylic acids is 1. The Bertz CT molecular complexity index is 826. The molecule has 2 aromatic rings. The minimum atomic E-state index is -0.502. The van der Waals surface area contributed by atoms with E-state index in [1.54, 1.807) is 11.9 Å². The zero-order chi connectivity index (χ0) is 17.3. The summed E-state index contributed by atoms with van der Waals surface area (Å²) in [5, 5.41) is 7.05. The Labute approximate surface area is 133 Å². The number of carbonyl (C=O) groups is 1. The third kappa shape index (κ3) is 3.10. The lowest BCUT2D eigenvalue weighted by Gasteiger charge is -2.25. The quantitative estimate of drug-likeness (QED) is 0.838. The first-order valence-electron chi connectivity index (χ1n) is 7.28. The summed E-state index contributed by atoms with van der Waals surface area (Å²) in [5.41, 5.74) is 2.02. The molecule has 0 saturated heterocycles. The van der Waals surface area contributed by atoms with Crippen molar-refractivity contribution < 1.29 is 4.79 Å². The second kappa shape index (κ2) is 6.23. The standard InChI is InChI=1S/C15H21N5O3/c1-8-13(9(2)18-17-8)10(3)19(4)12(21)6-11-7-16-15(23)20(5)14(11)22/h7,10H,6H2,1-5H3,(H,16,23)(H,17,18). The van der Waals surface area contributed by atoms with Gasteiger partial charge in [-0.05, 0) is 20.8 Å². The van der Waals surface area contributed by atoms with Crippen LogP contribution in [0.3, 0.4) is 0 Å². The molecule has 0 aliphatic heterocycles. The molecule has 124 valence electrons. The van der Waals surface area contributed by atoms with Gasteiger partial charge in [0.25, 0.3) is 5.56 Å². The number of aryl methyl sites for hydroxylation is 2. The average Bonchev–Trinajstić information content (AvgIpc) is 2.85. The van der Waals surface area contributed by atoms with E-state index in [1.165, 1.54) is 13.2 Å². The van der Waals surface area contributed by atoms with Crippen LogP contribution in [0, 0.1) is 13.8 Å². The molecule has 0 radical (unpaired) electrons. The van der Waals surface area contributed by atoms with E-state index in [-0.39, 0.29) is 23.9 Å². The Hall–Kier alpha value is -2.64. The van der Waals surface area contributed by atoms with Crippen LogP contribution in [-0.4, -0.2) is 37.6 Å². The topological polar surface area (TPSA) is 104 Å². The number of nitrogens with one attached hydrogen (secondary N) is 2. The average molecular weight is 319 g/mol. The second-order valence-corrected chi connectivity index (χ2v) is 5.69. The highest BCUT2D eigenvalue weighted by Crippen LogP contribution is 2.24. The predicted molar refractivity (Wildman–Crippen MR) is 85.3 cm³/mol. The molecule has 2 N–H and O–H groups in total. The van der Waals surface area contributed by atoms with Gasteiger partial charge in [-0.2, -0.15) is 5.10 Å². The fourth-order valence-corrected chi connectivity index (χ4v) is 2.61. The molecule has 0 aliphatic rings. The van der Waals surface area contributed by atoms with Crippen LogP contribution in [0.2, 0.25) is 0 Å². The zero-order valence-electron chi connectivity index (χ0n) is 13.9. The fraction of sp³-hybridized carbons (Fsp3) is 0.467. The number of aromatic amines is 2. The first-order valence-corrected chi connectivity index (χ1v) is 7.28. The molecule has 2 aromatic heterocycles. The number of rotatable bonds is 4. The van der Waals surface area contributed by atoms with E-state index < -0.39 is 11.2 Å². The van der Waals surface area contributed by atoms with E-state index in [0.717, 1.165) is 21.5 Å². The van der Waals surface area contributed by atoms with Crippen LogP contribution in [0.15, 0.2) is 15.8 Å². The predicted octanol–water partition coefficient (Wildman–Crippen LogP) is 0.176. The van der Waals surface area contributed by atoms with Crippen molar-refractivity contribution in [3.05, 3.63) is 49.5 Å². The number of amides is 1. The summed E-state index contributed by atoms with van der Waals surface area (Å²) < 4.78 is 0.955. The number of H-pyrrole nitrogens is 2. The Morgan fingerprint density at radius 1 is 1.39 bits per heavy atom. The van der Waals surface area contributed by atoms with Crippen molar-refractivity contribution in [1.29, 1.82) is 0 Å². The molecule has 2 rings (SSSR count). The van der Waals surface area contributed by atoms with Crippen LogP contribution < -0.4 is 11.2 Å². The van der Waals surface area contributed by atoms with Gasteiger partial charge in [0.05, 0.1) is 18.2 Å². The van der Waals surface area contributed by atoms with E-state index in [9.17, 15) is 14.4 Å². The maximum atomic E-state index is 12.5. The summed E-state index contributed by atoms with van der Waals surface area (Å²) in [6.07, 6.45) is 1.23. The Kier molecular flexibility index (Phi) is 4.53. The van der Waals surface area contributed by atoms with Gasteiger partial charge in [0.2, 0.25) is 5.91 Å². The lowest BCUT2D eigenvalue weighted by molar-refractivity contribution is -0.131. The molecule has 8 nitrogen and oxygen atoms in total. The fourth-order valence-electron chi connectivity index (χ4n) is 2.61. The van der Waals surface area contributed by atoms with E-state index in [2.05, 4.69) is 15.2 Å². The Balaban J connectivity index is 2.23. The van der Waals surface area contributed by atoms with Crippen molar-refractivity contribution in [3.63, 3.8) is 0 Å². The molecule has 8 heteroatoms. The highest BCUT2D eigenvalue weighted by Gasteiger charge is 2.23. The van der Waals surface area contributed by atoms with Gasteiger partial charge in [-0.15, -0.1) is 0 Å². The van der Waals surface area contributed by atoms with E-state index in [1.807, 2.05) is 20.8 Å². The number of nitrogens with zero attached hydrogens (tertiary/aromatic N) is 3. The van der Waals surface area contributed by atoms with Gasteiger partial charge in [-0.3, -0.25) is 19.3 Å². The summed E-state index contributed by atoms with van der Waals surface area (Å²) in [4.78, 5) is 39.9. The molecular formula is C15H21N5O3. The van der Waals surface area contributed by atoms with E-state index >= 15 is 0 Å². The largest absolute Gasteiger partial charge is 0.339 e. The number of aromatic nitrogens is 4. The molecule has 1 unspecified atom stereocenters. The van der Waals surface area contributed by atoms with Gasteiger partial charge < -0.3 is 9.88 Å². The molecule has 0 aliphatic carbocycles. The number of hydrogen-bond donors (Lipinski definition) is 2. The van der Waals surface area contributed by atoms with Crippen molar-refractivity contribution >= 4 is 5.91 Å². The van der Waals surface area contributed by atoms with E-state index in [0.29, 0.717) is 0 Å². The first-order chi connectivity index (χ1) is 10.7. The third-order valence-electron chi connectivity index (χ3n) is 4.17. The highest BCUT2D eigenvalue weighted by molar-refractivity contribution is 5.78.